The van der Waals surface area contributed by atoms with Crippen molar-refractivity contribution < 1.29 is 66.3 Å². The Kier molecular flexibility index (Phi) is 13.2. The SMILES string of the molecule is CC12OCC3(CO1)COC(C)(OC3)c1cccc(c1)OCCOCCOc1cccc(c1)C1(C)OCC3(COC(C)(OC3)c3cccc(c3)OCCOCCOc3cccc2c3)CO1. The predicted molar refractivity (Wildman–Crippen MR) is 231 cm³/mol. The number of benzene rings is 4. The Morgan fingerprint density at radius 2 is 0.516 bits per heavy atom. The predicted octanol–water partition coefficient (Wildman–Crippen LogP) is 7.20. The van der Waals surface area contributed by atoms with Crippen molar-refractivity contribution >= 4 is 0 Å². The average Bonchev–Trinajstić information content (AvgIpc) is 3.33. The number of ether oxygens (including phenoxy) is 14. The van der Waals surface area contributed by atoms with Crippen molar-refractivity contribution in [3.8, 4) is 23.0 Å². The fraction of sp³-hybridized carbons (Fsp3) is 0.520. The van der Waals surface area contributed by atoms with Crippen LogP contribution in [0.2, 0.25) is 0 Å². The van der Waals surface area contributed by atoms with Gasteiger partial charge < -0.3 is 66.3 Å². The van der Waals surface area contributed by atoms with Crippen molar-refractivity contribution in [2.75, 3.05) is 106 Å². The van der Waals surface area contributed by atoms with Gasteiger partial charge >= 0.3 is 0 Å². The molecule has 0 radical (unpaired) electrons. The van der Waals surface area contributed by atoms with E-state index in [9.17, 15) is 0 Å². The minimum Gasteiger partial charge on any atom is -0.491 e. The Morgan fingerprint density at radius 1 is 0.297 bits per heavy atom. The molecular formula is C50H60O14. The number of hydrogen-bond acceptors (Lipinski definition) is 14. The summed E-state index contributed by atoms with van der Waals surface area (Å²) in [6, 6.07) is 31.1. The van der Waals surface area contributed by atoms with Crippen molar-refractivity contribution in [1.29, 1.82) is 0 Å². The third-order valence-corrected chi connectivity index (χ3v) is 12.6. The smallest absolute Gasteiger partial charge is 0.192 e. The maximum atomic E-state index is 6.44. The zero-order valence-electron chi connectivity index (χ0n) is 37.3. The lowest BCUT2D eigenvalue weighted by Crippen LogP contribution is -2.56. The van der Waals surface area contributed by atoms with Crippen molar-refractivity contribution in [1.82, 2.24) is 0 Å². The molecule has 2 spiro atoms. The molecule has 0 aromatic heterocycles. The Morgan fingerprint density at radius 3 is 0.734 bits per heavy atom. The molecule has 0 aliphatic carbocycles. The first-order valence-corrected chi connectivity index (χ1v) is 22.2. The summed E-state index contributed by atoms with van der Waals surface area (Å²) in [5.41, 5.74) is 2.50. The van der Waals surface area contributed by atoms with Crippen LogP contribution in [0.25, 0.3) is 0 Å². The molecule has 0 N–H and O–H groups in total. The van der Waals surface area contributed by atoms with Crippen LogP contribution in [0.1, 0.15) is 49.9 Å². The van der Waals surface area contributed by atoms with E-state index >= 15 is 0 Å². The normalized spacial score (nSPS) is 33.2. The summed E-state index contributed by atoms with van der Waals surface area (Å²) in [7, 11) is 0. The Bertz CT molecular complexity index is 1850. The zero-order chi connectivity index (χ0) is 44.1. The summed E-state index contributed by atoms with van der Waals surface area (Å²) in [4.78, 5) is 0. The van der Waals surface area contributed by atoms with E-state index in [-0.39, 0.29) is 0 Å². The van der Waals surface area contributed by atoms with Gasteiger partial charge in [-0.25, -0.2) is 0 Å². The Balaban J connectivity index is 0.839. The second-order valence-electron chi connectivity index (χ2n) is 17.8. The monoisotopic (exact) mass is 884 g/mol. The molecular weight excluding hydrogens is 825 g/mol. The van der Waals surface area contributed by atoms with E-state index in [1.165, 1.54) is 0 Å². The topological polar surface area (TPSA) is 129 Å². The van der Waals surface area contributed by atoms with E-state index in [4.69, 9.17) is 66.3 Å². The summed E-state index contributed by atoms with van der Waals surface area (Å²) in [5, 5.41) is 0. The molecule has 11 aliphatic heterocycles. The molecule has 0 unspecified atom stereocenters. The maximum absolute atomic E-state index is 6.44. The summed E-state index contributed by atoms with van der Waals surface area (Å²) < 4.78 is 87.4. The van der Waals surface area contributed by atoms with Crippen LogP contribution >= 0.6 is 0 Å². The van der Waals surface area contributed by atoms with Crippen LogP contribution in [0, 0.1) is 10.8 Å². The zero-order valence-corrected chi connectivity index (χ0v) is 37.3. The van der Waals surface area contributed by atoms with Gasteiger partial charge in [-0.1, -0.05) is 48.5 Å². The van der Waals surface area contributed by atoms with Gasteiger partial charge in [-0.05, 0) is 76.2 Å². The maximum Gasteiger partial charge on any atom is 0.192 e. The van der Waals surface area contributed by atoms with E-state index in [0.29, 0.717) is 129 Å². The van der Waals surface area contributed by atoms with Crippen molar-refractivity contribution in [3.63, 3.8) is 0 Å². The van der Waals surface area contributed by atoms with Crippen LogP contribution in [-0.4, -0.2) is 106 Å². The molecule has 14 bridgehead atoms. The van der Waals surface area contributed by atoms with Gasteiger partial charge in [-0.2, -0.15) is 0 Å². The standard InChI is InChI=1S/C50H60O14/c1-45-37-9-5-13-41(25-37)53-21-17-51-18-22-54-43-15-7-11-39(27-43)47(3)61-33-50(34-62-47)35-63-48(4,64-36-50)40-12-8-16-44(28-40)56-24-20-52-19-23-55-42-14-6-10-38(26-42)46(2)59-31-49(29-57-45,30-58-45)32-60-46/h5-16,25-28H,17-24,29-36H2,1-4H3. The average molecular weight is 885 g/mol. The van der Waals surface area contributed by atoms with E-state index in [2.05, 4.69) is 0 Å². The molecule has 0 saturated carbocycles. The lowest BCUT2D eigenvalue weighted by atomic mass is 9.88. The number of hydrogen-bond donors (Lipinski definition) is 0. The number of rotatable bonds is 0. The Hall–Kier alpha value is -4.32. The Labute approximate surface area is 375 Å². The molecule has 64 heavy (non-hydrogen) atoms. The van der Waals surface area contributed by atoms with E-state index in [1.54, 1.807) is 0 Å². The van der Waals surface area contributed by atoms with Crippen LogP contribution in [0.5, 0.6) is 23.0 Å². The van der Waals surface area contributed by atoms with Crippen LogP contribution < -0.4 is 18.9 Å². The first-order chi connectivity index (χ1) is 31.0. The van der Waals surface area contributed by atoms with Crippen LogP contribution in [0.15, 0.2) is 97.1 Å². The van der Waals surface area contributed by atoms with Gasteiger partial charge in [-0.3, -0.25) is 0 Å². The minimum atomic E-state index is -0.964. The van der Waals surface area contributed by atoms with Gasteiger partial charge in [0.2, 0.25) is 0 Å². The second kappa shape index (κ2) is 18.9. The fourth-order valence-electron chi connectivity index (χ4n) is 8.21. The molecule has 14 nitrogen and oxygen atoms in total. The first-order valence-electron chi connectivity index (χ1n) is 22.2. The molecule has 4 aromatic carbocycles. The van der Waals surface area contributed by atoms with E-state index in [1.807, 2.05) is 125 Å². The quantitative estimate of drug-likeness (QED) is 0.177. The van der Waals surface area contributed by atoms with Crippen LogP contribution in [0.3, 0.4) is 0 Å². The van der Waals surface area contributed by atoms with Gasteiger partial charge in [0.1, 0.15) is 49.4 Å². The summed E-state index contributed by atoms with van der Waals surface area (Å²) in [6.07, 6.45) is 0. The van der Waals surface area contributed by atoms with Crippen LogP contribution in [0.4, 0.5) is 0 Å². The third kappa shape index (κ3) is 10.1. The molecule has 11 aliphatic rings. The van der Waals surface area contributed by atoms with Gasteiger partial charge in [0, 0.05) is 22.3 Å². The van der Waals surface area contributed by atoms with Crippen molar-refractivity contribution in [3.05, 3.63) is 119 Å². The second-order valence-corrected chi connectivity index (χ2v) is 17.8. The summed E-state index contributed by atoms with van der Waals surface area (Å²) in [6.45, 7) is 13.9. The molecule has 4 aromatic rings. The molecule has 11 heterocycles. The minimum absolute atomic E-state index is 0.364. The summed E-state index contributed by atoms with van der Waals surface area (Å²) in [5.74, 6) is -1.08. The van der Waals surface area contributed by atoms with Crippen LogP contribution in [-0.2, 0) is 70.5 Å². The highest BCUT2D eigenvalue weighted by Crippen LogP contribution is 2.45. The molecule has 344 valence electrons. The van der Waals surface area contributed by atoms with Gasteiger partial charge in [0.25, 0.3) is 0 Å². The molecule has 4 fully saturated rings. The molecule has 14 heteroatoms. The summed E-state index contributed by atoms with van der Waals surface area (Å²) >= 11 is 0. The highest BCUT2D eigenvalue weighted by atomic mass is 16.7. The largest absolute Gasteiger partial charge is 0.491 e. The van der Waals surface area contributed by atoms with Gasteiger partial charge in [0.05, 0.1) is 90.1 Å². The highest BCUT2D eigenvalue weighted by molar-refractivity contribution is 5.34. The molecule has 15 rings (SSSR count). The lowest BCUT2D eigenvalue weighted by molar-refractivity contribution is -0.369. The van der Waals surface area contributed by atoms with Gasteiger partial charge in [-0.15, -0.1) is 0 Å². The van der Waals surface area contributed by atoms with Gasteiger partial charge in [0.15, 0.2) is 23.1 Å². The third-order valence-electron chi connectivity index (χ3n) is 12.6. The highest BCUT2D eigenvalue weighted by Gasteiger charge is 2.51. The molecule has 4 saturated heterocycles. The molecule has 0 atom stereocenters. The van der Waals surface area contributed by atoms with E-state index < -0.39 is 34.0 Å². The first kappa shape index (κ1) is 44.9. The molecule has 0 amide bonds. The van der Waals surface area contributed by atoms with Crippen molar-refractivity contribution in [2.45, 2.75) is 50.8 Å². The van der Waals surface area contributed by atoms with Crippen molar-refractivity contribution in [2.24, 2.45) is 10.8 Å². The lowest BCUT2D eigenvalue weighted by Gasteiger charge is -2.49. The van der Waals surface area contributed by atoms with E-state index in [0.717, 1.165) is 22.3 Å². The fourth-order valence-corrected chi connectivity index (χ4v) is 8.21.